The Morgan fingerprint density at radius 3 is 2.46 bits per heavy atom. The Hall–Kier alpha value is -1.49. The van der Waals surface area contributed by atoms with Crippen molar-refractivity contribution in [2.24, 2.45) is 5.92 Å². The Labute approximate surface area is 170 Å². The topological polar surface area (TPSA) is 22.6 Å². The van der Waals surface area contributed by atoms with Gasteiger partial charge in [0.2, 0.25) is 0 Å². The molecule has 4 heteroatoms. The summed E-state index contributed by atoms with van der Waals surface area (Å²) in [6.45, 7) is 10.7. The van der Waals surface area contributed by atoms with Crippen molar-refractivity contribution in [3.05, 3.63) is 42.1 Å². The third-order valence-corrected chi connectivity index (χ3v) is 6.86. The molecule has 0 aliphatic carbocycles. The Bertz CT molecular complexity index is 745. The van der Waals surface area contributed by atoms with Crippen LogP contribution >= 0.6 is 0 Å². The minimum atomic E-state index is 0.834. The fourth-order valence-electron chi connectivity index (χ4n) is 4.96. The molecule has 0 N–H and O–H groups in total. The molecule has 2 aliphatic rings. The second-order valence-electron chi connectivity index (χ2n) is 8.84. The van der Waals surface area contributed by atoms with Crippen LogP contribution in [0, 0.1) is 5.92 Å². The van der Waals surface area contributed by atoms with Crippen molar-refractivity contribution in [3.8, 4) is 0 Å². The molecule has 28 heavy (non-hydrogen) atoms. The number of piperidine rings is 2. The third-order valence-electron chi connectivity index (χ3n) is 6.86. The van der Waals surface area contributed by atoms with Gasteiger partial charge in [-0.2, -0.15) is 0 Å². The van der Waals surface area contributed by atoms with Gasteiger partial charge in [-0.3, -0.25) is 9.88 Å². The average Bonchev–Trinajstić information content (AvgIpc) is 2.74. The van der Waals surface area contributed by atoms with Crippen LogP contribution in [0.1, 0.15) is 38.3 Å². The lowest BCUT2D eigenvalue weighted by molar-refractivity contribution is 0.0745. The quantitative estimate of drug-likeness (QED) is 0.759. The Balaban J connectivity index is 1.28. The van der Waals surface area contributed by atoms with E-state index in [0.717, 1.165) is 30.6 Å². The lowest BCUT2D eigenvalue weighted by Crippen LogP contribution is -2.47. The van der Waals surface area contributed by atoms with E-state index in [1.54, 1.807) is 0 Å². The van der Waals surface area contributed by atoms with Crippen LogP contribution < -0.4 is 0 Å². The molecule has 2 aliphatic heterocycles. The van der Waals surface area contributed by atoms with Crippen molar-refractivity contribution < 1.29 is 0 Å². The first kappa shape index (κ1) is 19.8. The highest BCUT2D eigenvalue weighted by Gasteiger charge is 2.28. The van der Waals surface area contributed by atoms with Gasteiger partial charge >= 0.3 is 0 Å². The molecule has 1 aromatic carbocycles. The van der Waals surface area contributed by atoms with Gasteiger partial charge in [0.05, 0.1) is 11.2 Å². The molecule has 2 saturated heterocycles. The molecule has 0 unspecified atom stereocenters. The summed E-state index contributed by atoms with van der Waals surface area (Å²) in [7, 11) is 2.26. The van der Waals surface area contributed by atoms with Crippen LogP contribution in [0.25, 0.3) is 10.9 Å². The van der Waals surface area contributed by atoms with Gasteiger partial charge in [0.25, 0.3) is 0 Å². The van der Waals surface area contributed by atoms with E-state index in [2.05, 4.69) is 65.1 Å². The molecular formula is C24H36N4. The van der Waals surface area contributed by atoms with Gasteiger partial charge in [-0.15, -0.1) is 0 Å². The van der Waals surface area contributed by atoms with Crippen LogP contribution in [0.5, 0.6) is 0 Å². The Morgan fingerprint density at radius 1 is 0.964 bits per heavy atom. The summed E-state index contributed by atoms with van der Waals surface area (Å²) in [6.07, 6.45) is 5.42. The number of benzene rings is 1. The normalized spacial score (nSPS) is 21.0. The van der Waals surface area contributed by atoms with E-state index in [1.165, 1.54) is 69.5 Å². The van der Waals surface area contributed by atoms with E-state index in [1.807, 2.05) is 0 Å². The molecule has 3 heterocycles. The minimum Gasteiger partial charge on any atom is -0.306 e. The van der Waals surface area contributed by atoms with Gasteiger partial charge in [-0.25, -0.2) is 0 Å². The number of hydrogen-bond donors (Lipinski definition) is 0. The van der Waals surface area contributed by atoms with E-state index in [-0.39, 0.29) is 0 Å². The van der Waals surface area contributed by atoms with Crippen LogP contribution in [0.2, 0.25) is 0 Å². The predicted molar refractivity (Wildman–Crippen MR) is 118 cm³/mol. The van der Waals surface area contributed by atoms with Crippen molar-refractivity contribution in [2.75, 3.05) is 46.3 Å². The summed E-state index contributed by atoms with van der Waals surface area (Å²) in [5, 5.41) is 1.23. The van der Waals surface area contributed by atoms with Gasteiger partial charge in [0.1, 0.15) is 0 Å². The van der Waals surface area contributed by atoms with Gasteiger partial charge in [0.15, 0.2) is 0 Å². The minimum absolute atomic E-state index is 0.834. The van der Waals surface area contributed by atoms with Crippen LogP contribution in [0.15, 0.2) is 36.4 Å². The smallest absolute Gasteiger partial charge is 0.0705 e. The lowest BCUT2D eigenvalue weighted by atomic mass is 9.93. The molecule has 4 nitrogen and oxygen atoms in total. The number of pyridine rings is 1. The number of aromatic nitrogens is 1. The molecule has 152 valence electrons. The van der Waals surface area contributed by atoms with Gasteiger partial charge in [-0.05, 0) is 83.5 Å². The van der Waals surface area contributed by atoms with E-state index in [0.29, 0.717) is 0 Å². The molecule has 1 aromatic heterocycles. The highest BCUT2D eigenvalue weighted by Crippen LogP contribution is 2.24. The van der Waals surface area contributed by atoms with Crippen molar-refractivity contribution in [1.29, 1.82) is 0 Å². The standard InChI is InChI=1S/C24H36N4/c1-3-27(19-22-9-8-21-6-4-5-7-24(21)25-22)18-20-10-16-28(17-11-20)23-12-14-26(2)15-13-23/h4-9,20,23H,3,10-19H2,1-2H3. The fraction of sp³-hybridized carbons (Fsp3) is 0.625. The maximum Gasteiger partial charge on any atom is 0.0705 e. The van der Waals surface area contributed by atoms with Crippen LogP contribution in [0.4, 0.5) is 0 Å². The largest absolute Gasteiger partial charge is 0.306 e. The zero-order valence-electron chi connectivity index (χ0n) is 17.7. The maximum absolute atomic E-state index is 4.88. The van der Waals surface area contributed by atoms with Gasteiger partial charge in [0, 0.05) is 24.5 Å². The van der Waals surface area contributed by atoms with Crippen molar-refractivity contribution >= 4 is 10.9 Å². The molecule has 0 spiro atoms. The van der Waals surface area contributed by atoms with Crippen molar-refractivity contribution in [3.63, 3.8) is 0 Å². The maximum atomic E-state index is 4.88. The molecule has 0 bridgehead atoms. The number of para-hydroxylation sites is 1. The van der Waals surface area contributed by atoms with E-state index >= 15 is 0 Å². The first-order valence-corrected chi connectivity index (χ1v) is 11.2. The number of fused-ring (bicyclic) bond motifs is 1. The van der Waals surface area contributed by atoms with Crippen LogP contribution in [0.3, 0.4) is 0 Å². The summed E-state index contributed by atoms with van der Waals surface area (Å²) >= 11 is 0. The van der Waals surface area contributed by atoms with Crippen molar-refractivity contribution in [1.82, 2.24) is 19.7 Å². The second-order valence-corrected chi connectivity index (χ2v) is 8.84. The molecular weight excluding hydrogens is 344 g/mol. The van der Waals surface area contributed by atoms with E-state index < -0.39 is 0 Å². The van der Waals surface area contributed by atoms with Crippen LogP contribution in [-0.4, -0.2) is 72.0 Å². The monoisotopic (exact) mass is 380 g/mol. The van der Waals surface area contributed by atoms with Crippen molar-refractivity contribution in [2.45, 2.75) is 45.2 Å². The molecule has 0 atom stereocenters. The average molecular weight is 381 g/mol. The zero-order valence-corrected chi connectivity index (χ0v) is 17.7. The molecule has 2 aromatic rings. The lowest BCUT2D eigenvalue weighted by Gasteiger charge is -2.41. The molecule has 0 saturated carbocycles. The summed E-state index contributed by atoms with van der Waals surface area (Å²) < 4.78 is 0. The highest BCUT2D eigenvalue weighted by atomic mass is 15.2. The molecule has 2 fully saturated rings. The Morgan fingerprint density at radius 2 is 1.71 bits per heavy atom. The first-order chi connectivity index (χ1) is 13.7. The number of nitrogens with zero attached hydrogens (tertiary/aromatic N) is 4. The zero-order chi connectivity index (χ0) is 19.3. The molecule has 0 radical (unpaired) electrons. The number of hydrogen-bond acceptors (Lipinski definition) is 4. The second kappa shape index (κ2) is 9.34. The SMILES string of the molecule is CCN(Cc1ccc2ccccc2n1)CC1CCN(C2CCN(C)CC2)CC1. The summed E-state index contributed by atoms with van der Waals surface area (Å²) in [6, 6.07) is 13.7. The summed E-state index contributed by atoms with van der Waals surface area (Å²) in [5.74, 6) is 0.836. The third kappa shape index (κ3) is 4.91. The predicted octanol–water partition coefficient (Wildman–Crippen LogP) is 3.86. The van der Waals surface area contributed by atoms with E-state index in [9.17, 15) is 0 Å². The fourth-order valence-corrected chi connectivity index (χ4v) is 4.96. The highest BCUT2D eigenvalue weighted by molar-refractivity contribution is 5.78. The summed E-state index contributed by atoms with van der Waals surface area (Å²) in [5.41, 5.74) is 2.31. The summed E-state index contributed by atoms with van der Waals surface area (Å²) in [4.78, 5) is 12.7. The van der Waals surface area contributed by atoms with Gasteiger partial charge < -0.3 is 9.80 Å². The molecule has 4 rings (SSSR count). The van der Waals surface area contributed by atoms with Gasteiger partial charge in [-0.1, -0.05) is 31.2 Å². The number of rotatable bonds is 6. The van der Waals surface area contributed by atoms with E-state index in [4.69, 9.17) is 4.98 Å². The first-order valence-electron chi connectivity index (χ1n) is 11.2. The van der Waals surface area contributed by atoms with Crippen LogP contribution in [-0.2, 0) is 6.54 Å². The Kier molecular flexibility index (Phi) is 6.61. The molecule has 0 amide bonds. The number of likely N-dealkylation sites (tertiary alicyclic amines) is 2.